The fraction of sp³-hybridized carbons (Fsp3) is 0. The highest BCUT2D eigenvalue weighted by Gasteiger charge is 2.15. The highest BCUT2D eigenvalue weighted by atomic mass is 16.3. The first-order valence-corrected chi connectivity index (χ1v) is 7.90. The number of fused-ring (bicyclic) bond motifs is 1. The van der Waals surface area contributed by atoms with Crippen LogP contribution in [0.4, 0.5) is 0 Å². The Morgan fingerprint density at radius 2 is 1.62 bits per heavy atom. The zero-order valence-electron chi connectivity index (χ0n) is 13.8. The lowest BCUT2D eigenvalue weighted by molar-refractivity contribution is -0.117. The molecule has 0 aromatic heterocycles. The first kappa shape index (κ1) is 17.2. The Labute approximate surface area is 149 Å². The highest BCUT2D eigenvalue weighted by Crippen LogP contribution is 2.29. The number of carbonyl (C=O) groups is 2. The van der Waals surface area contributed by atoms with Crippen LogP contribution in [0.1, 0.15) is 15.9 Å². The van der Waals surface area contributed by atoms with E-state index in [1.54, 1.807) is 36.4 Å². The minimum Gasteiger partial charge on any atom is -0.507 e. The monoisotopic (exact) mass is 347 g/mol. The second-order valence-electron chi connectivity index (χ2n) is 5.57. The van der Waals surface area contributed by atoms with Crippen molar-refractivity contribution in [3.63, 3.8) is 0 Å². The molecule has 26 heavy (non-hydrogen) atoms. The number of phenols is 1. The summed E-state index contributed by atoms with van der Waals surface area (Å²) in [5.41, 5.74) is 2.74. The minimum atomic E-state index is -0.679. The third kappa shape index (κ3) is 3.55. The summed E-state index contributed by atoms with van der Waals surface area (Å²) < 4.78 is 0. The van der Waals surface area contributed by atoms with Crippen LogP contribution in [0.5, 0.6) is 5.75 Å². The molecule has 0 atom stereocenters. The van der Waals surface area contributed by atoms with Crippen molar-refractivity contribution in [3.05, 3.63) is 83.6 Å². The summed E-state index contributed by atoms with van der Waals surface area (Å²) in [6.45, 7) is 0. The van der Waals surface area contributed by atoms with Crippen molar-refractivity contribution < 1.29 is 14.7 Å². The summed E-state index contributed by atoms with van der Waals surface area (Å²) in [5, 5.41) is 14.4. The fourth-order valence-corrected chi connectivity index (χ4v) is 2.60. The maximum Gasteiger partial charge on any atom is 0.281 e. The summed E-state index contributed by atoms with van der Waals surface area (Å²) in [6, 6.07) is 19.2. The molecule has 0 fully saturated rings. The lowest BCUT2D eigenvalue weighted by atomic mass is 10.0. The first-order chi connectivity index (χ1) is 12.6. The number of aromatic hydroxyl groups is 1. The Morgan fingerprint density at radius 1 is 0.923 bits per heavy atom. The molecule has 0 unspecified atom stereocenters. The molecule has 0 saturated carbocycles. The Bertz CT molecular complexity index is 998. The molecule has 0 bridgehead atoms. The van der Waals surface area contributed by atoms with Crippen molar-refractivity contribution in [2.24, 2.45) is 5.84 Å². The molecule has 3 aromatic carbocycles. The Kier molecular flexibility index (Phi) is 4.96. The lowest BCUT2D eigenvalue weighted by Gasteiger charge is -2.11. The third-order valence-electron chi connectivity index (χ3n) is 3.90. The van der Waals surface area contributed by atoms with Gasteiger partial charge in [0.25, 0.3) is 11.8 Å². The van der Waals surface area contributed by atoms with E-state index < -0.39 is 11.8 Å². The zero-order valence-corrected chi connectivity index (χ0v) is 13.8. The van der Waals surface area contributed by atoms with Gasteiger partial charge in [0.15, 0.2) is 0 Å². The molecular weight excluding hydrogens is 330 g/mol. The molecule has 0 saturated heterocycles. The molecule has 0 aliphatic carbocycles. The molecule has 6 nitrogen and oxygen atoms in total. The van der Waals surface area contributed by atoms with E-state index in [1.807, 2.05) is 29.7 Å². The SMILES string of the molecule is NNC(=O)/C(=C\c1c(O)ccc2ccccc12)NC(=O)c1ccccc1. The van der Waals surface area contributed by atoms with Crippen molar-refractivity contribution in [1.29, 1.82) is 0 Å². The zero-order chi connectivity index (χ0) is 18.5. The number of benzene rings is 3. The van der Waals surface area contributed by atoms with Crippen LogP contribution in [-0.4, -0.2) is 16.9 Å². The van der Waals surface area contributed by atoms with Gasteiger partial charge < -0.3 is 10.4 Å². The molecule has 2 amide bonds. The molecule has 0 aliphatic rings. The minimum absolute atomic E-state index is 0.0139. The maximum atomic E-state index is 12.4. The third-order valence-corrected chi connectivity index (χ3v) is 3.90. The van der Waals surface area contributed by atoms with Gasteiger partial charge in [0.05, 0.1) is 0 Å². The van der Waals surface area contributed by atoms with Crippen LogP contribution in [0.3, 0.4) is 0 Å². The molecule has 130 valence electrons. The number of nitrogens with two attached hydrogens (primary N) is 1. The summed E-state index contributed by atoms with van der Waals surface area (Å²) in [4.78, 5) is 24.5. The van der Waals surface area contributed by atoms with Crippen molar-refractivity contribution in [2.75, 3.05) is 0 Å². The van der Waals surface area contributed by atoms with E-state index in [2.05, 4.69) is 5.32 Å². The number of nitrogens with one attached hydrogen (secondary N) is 2. The van der Waals surface area contributed by atoms with E-state index >= 15 is 0 Å². The number of hydrazine groups is 1. The van der Waals surface area contributed by atoms with Gasteiger partial charge in [-0.15, -0.1) is 0 Å². The molecule has 5 N–H and O–H groups in total. The molecule has 3 rings (SSSR count). The van der Waals surface area contributed by atoms with Gasteiger partial charge in [0, 0.05) is 11.1 Å². The van der Waals surface area contributed by atoms with E-state index in [1.165, 1.54) is 12.1 Å². The van der Waals surface area contributed by atoms with Gasteiger partial charge in [-0.1, -0.05) is 48.5 Å². The summed E-state index contributed by atoms with van der Waals surface area (Å²) in [5.74, 6) is 4.09. The van der Waals surface area contributed by atoms with Gasteiger partial charge in [0.2, 0.25) is 0 Å². The van der Waals surface area contributed by atoms with E-state index in [9.17, 15) is 14.7 Å². The van der Waals surface area contributed by atoms with E-state index in [0.717, 1.165) is 10.8 Å². The van der Waals surface area contributed by atoms with Crippen molar-refractivity contribution in [3.8, 4) is 5.75 Å². The Morgan fingerprint density at radius 3 is 2.35 bits per heavy atom. The molecule has 0 heterocycles. The fourth-order valence-electron chi connectivity index (χ4n) is 2.60. The van der Waals surface area contributed by atoms with Crippen LogP contribution in [0.15, 0.2) is 72.4 Å². The topological polar surface area (TPSA) is 104 Å². The predicted molar refractivity (Wildman–Crippen MR) is 99.8 cm³/mol. The summed E-state index contributed by atoms with van der Waals surface area (Å²) in [7, 11) is 0. The quantitative estimate of drug-likeness (QED) is 0.252. The number of amides is 2. The van der Waals surface area contributed by atoms with Crippen LogP contribution in [-0.2, 0) is 4.79 Å². The summed E-state index contributed by atoms with van der Waals surface area (Å²) in [6.07, 6.45) is 1.40. The van der Waals surface area contributed by atoms with Crippen LogP contribution in [0, 0.1) is 0 Å². The van der Waals surface area contributed by atoms with Crippen LogP contribution in [0.25, 0.3) is 16.8 Å². The number of carbonyl (C=O) groups excluding carboxylic acids is 2. The predicted octanol–water partition coefficient (Wildman–Crippen LogP) is 2.31. The second-order valence-corrected chi connectivity index (χ2v) is 5.57. The van der Waals surface area contributed by atoms with Gasteiger partial charge >= 0.3 is 0 Å². The van der Waals surface area contributed by atoms with Crippen molar-refractivity contribution in [1.82, 2.24) is 10.7 Å². The second kappa shape index (κ2) is 7.50. The van der Waals surface area contributed by atoms with Gasteiger partial charge in [0.1, 0.15) is 11.4 Å². The Balaban J connectivity index is 2.05. The average Bonchev–Trinajstić information content (AvgIpc) is 2.69. The van der Waals surface area contributed by atoms with Gasteiger partial charge in [-0.3, -0.25) is 15.0 Å². The van der Waals surface area contributed by atoms with E-state index in [0.29, 0.717) is 11.1 Å². The van der Waals surface area contributed by atoms with E-state index in [-0.39, 0.29) is 11.4 Å². The van der Waals surface area contributed by atoms with Crippen LogP contribution >= 0.6 is 0 Å². The van der Waals surface area contributed by atoms with E-state index in [4.69, 9.17) is 5.84 Å². The molecule has 3 aromatic rings. The van der Waals surface area contributed by atoms with Crippen LogP contribution < -0.4 is 16.6 Å². The maximum absolute atomic E-state index is 12.4. The highest BCUT2D eigenvalue weighted by molar-refractivity contribution is 6.07. The molecule has 0 spiro atoms. The van der Waals surface area contributed by atoms with Crippen molar-refractivity contribution >= 4 is 28.7 Å². The van der Waals surface area contributed by atoms with Gasteiger partial charge in [-0.25, -0.2) is 5.84 Å². The standard InChI is InChI=1S/C20H17N3O3/c21-23-20(26)17(22-19(25)14-7-2-1-3-8-14)12-16-15-9-5-4-6-13(15)10-11-18(16)24/h1-12,24H,21H2,(H,22,25)(H,23,26)/b17-12+. The number of hydrogen-bond donors (Lipinski definition) is 4. The molecule has 0 aliphatic heterocycles. The van der Waals surface area contributed by atoms with Gasteiger partial charge in [-0.05, 0) is 35.0 Å². The van der Waals surface area contributed by atoms with Gasteiger partial charge in [-0.2, -0.15) is 0 Å². The summed E-state index contributed by atoms with van der Waals surface area (Å²) >= 11 is 0. The number of phenolic OH excluding ortho intramolecular Hbond substituents is 1. The first-order valence-electron chi connectivity index (χ1n) is 7.90. The molecule has 6 heteroatoms. The molecule has 0 radical (unpaired) electrons. The normalized spacial score (nSPS) is 11.2. The number of hydrogen-bond acceptors (Lipinski definition) is 4. The van der Waals surface area contributed by atoms with Crippen LogP contribution in [0.2, 0.25) is 0 Å². The largest absolute Gasteiger partial charge is 0.507 e. The average molecular weight is 347 g/mol. The Hall–Kier alpha value is -3.64. The van der Waals surface area contributed by atoms with Crippen molar-refractivity contribution in [2.45, 2.75) is 0 Å². The molecular formula is C20H17N3O3. The number of rotatable bonds is 4. The smallest absolute Gasteiger partial charge is 0.281 e. The lowest BCUT2D eigenvalue weighted by Crippen LogP contribution is -2.38.